The van der Waals surface area contributed by atoms with E-state index >= 15 is 0 Å². The lowest BCUT2D eigenvalue weighted by Crippen LogP contribution is -2.40. The van der Waals surface area contributed by atoms with Crippen molar-refractivity contribution in [2.24, 2.45) is 16.6 Å². The van der Waals surface area contributed by atoms with E-state index in [1.807, 2.05) is 0 Å². The van der Waals surface area contributed by atoms with Crippen LogP contribution in [0.25, 0.3) is 0 Å². The first kappa shape index (κ1) is 22.0. The van der Waals surface area contributed by atoms with Crippen LogP contribution in [0, 0.1) is 5.92 Å². The summed E-state index contributed by atoms with van der Waals surface area (Å²) in [5, 5.41) is 7.55. The van der Waals surface area contributed by atoms with E-state index in [2.05, 4.69) is 58.5 Å². The smallest absolute Gasteiger partial charge is 0.221 e. The molecule has 160 valence electrons. The summed E-state index contributed by atoms with van der Waals surface area (Å²) in [4.78, 5) is 18.6. The van der Waals surface area contributed by atoms with Crippen molar-refractivity contribution in [3.63, 3.8) is 0 Å². The van der Waals surface area contributed by atoms with E-state index in [9.17, 15) is 4.79 Å². The van der Waals surface area contributed by atoms with E-state index in [1.54, 1.807) is 0 Å². The molecule has 0 spiro atoms. The fourth-order valence-corrected chi connectivity index (χ4v) is 5.25. The SMILES string of the molecule is CCNC(=NCc1cccc(CN2CCCC(C(N)=O)C2)c1)NCC1CCCS1. The third kappa shape index (κ3) is 7.23. The van der Waals surface area contributed by atoms with Gasteiger partial charge in [0.2, 0.25) is 5.91 Å². The number of amides is 1. The van der Waals surface area contributed by atoms with Crippen LogP contribution in [0.2, 0.25) is 0 Å². The Hall–Kier alpha value is -1.73. The highest BCUT2D eigenvalue weighted by Crippen LogP contribution is 2.25. The summed E-state index contributed by atoms with van der Waals surface area (Å²) < 4.78 is 0. The lowest BCUT2D eigenvalue weighted by Gasteiger charge is -2.31. The maximum Gasteiger partial charge on any atom is 0.221 e. The molecule has 2 atom stereocenters. The second-order valence-electron chi connectivity index (χ2n) is 8.01. The molecule has 2 fully saturated rings. The standard InChI is InChI=1S/C22H35N5OS/c1-2-24-22(26-14-20-9-5-11-29-20)25-13-17-6-3-7-18(12-17)15-27-10-4-8-19(16-27)21(23)28/h3,6-7,12,19-20H,2,4-5,8-11,13-16H2,1H3,(H2,23,28)(H2,24,25,26). The first-order valence-electron chi connectivity index (χ1n) is 10.9. The number of primary amides is 1. The van der Waals surface area contributed by atoms with E-state index in [1.165, 1.54) is 29.7 Å². The van der Waals surface area contributed by atoms with Gasteiger partial charge in [-0.2, -0.15) is 11.8 Å². The number of nitrogens with one attached hydrogen (secondary N) is 2. The van der Waals surface area contributed by atoms with E-state index in [0.29, 0.717) is 11.8 Å². The van der Waals surface area contributed by atoms with Gasteiger partial charge in [0.05, 0.1) is 12.5 Å². The Morgan fingerprint density at radius 3 is 2.90 bits per heavy atom. The highest BCUT2D eigenvalue weighted by molar-refractivity contribution is 8.00. The largest absolute Gasteiger partial charge is 0.369 e. The van der Waals surface area contributed by atoms with Crippen LogP contribution in [0.1, 0.15) is 43.7 Å². The summed E-state index contributed by atoms with van der Waals surface area (Å²) in [7, 11) is 0. The molecule has 0 aliphatic carbocycles. The van der Waals surface area contributed by atoms with Crippen LogP contribution in [0.5, 0.6) is 0 Å². The molecule has 2 saturated heterocycles. The predicted molar refractivity (Wildman–Crippen MR) is 122 cm³/mol. The quantitative estimate of drug-likeness (QED) is 0.447. The summed E-state index contributed by atoms with van der Waals surface area (Å²) in [6.07, 6.45) is 4.58. The van der Waals surface area contributed by atoms with Gasteiger partial charge in [0.25, 0.3) is 0 Å². The number of likely N-dealkylation sites (tertiary alicyclic amines) is 1. The van der Waals surface area contributed by atoms with Crippen LogP contribution in [0.15, 0.2) is 29.3 Å². The zero-order chi connectivity index (χ0) is 20.5. The molecule has 0 saturated carbocycles. The lowest BCUT2D eigenvalue weighted by molar-refractivity contribution is -0.123. The van der Waals surface area contributed by atoms with Gasteiger partial charge in [0, 0.05) is 31.4 Å². The lowest BCUT2D eigenvalue weighted by atomic mass is 9.97. The molecule has 2 unspecified atom stereocenters. The molecular weight excluding hydrogens is 382 g/mol. The van der Waals surface area contributed by atoms with E-state index in [-0.39, 0.29) is 11.8 Å². The summed E-state index contributed by atoms with van der Waals surface area (Å²) in [5.41, 5.74) is 7.98. The molecule has 2 heterocycles. The maximum atomic E-state index is 11.5. The van der Waals surface area contributed by atoms with Gasteiger partial charge in [-0.25, -0.2) is 4.99 Å². The van der Waals surface area contributed by atoms with Crippen LogP contribution >= 0.6 is 11.8 Å². The van der Waals surface area contributed by atoms with Gasteiger partial charge < -0.3 is 16.4 Å². The minimum absolute atomic E-state index is 0.0108. The molecular formula is C22H35N5OS. The predicted octanol–water partition coefficient (Wildman–Crippen LogP) is 2.33. The van der Waals surface area contributed by atoms with Gasteiger partial charge in [-0.15, -0.1) is 0 Å². The van der Waals surface area contributed by atoms with Crippen molar-refractivity contribution in [1.29, 1.82) is 0 Å². The monoisotopic (exact) mass is 417 g/mol. The van der Waals surface area contributed by atoms with Gasteiger partial charge in [0.1, 0.15) is 0 Å². The second kappa shape index (κ2) is 11.5. The summed E-state index contributed by atoms with van der Waals surface area (Å²) in [6.45, 7) is 7.25. The molecule has 0 aromatic heterocycles. The molecule has 3 rings (SSSR count). The molecule has 2 aliphatic heterocycles. The van der Waals surface area contributed by atoms with E-state index in [4.69, 9.17) is 10.7 Å². The van der Waals surface area contributed by atoms with Crippen LogP contribution in [-0.2, 0) is 17.9 Å². The highest BCUT2D eigenvalue weighted by Gasteiger charge is 2.23. The molecule has 0 bridgehead atoms. The zero-order valence-electron chi connectivity index (χ0n) is 17.5. The van der Waals surface area contributed by atoms with Crippen molar-refractivity contribution < 1.29 is 4.79 Å². The summed E-state index contributed by atoms with van der Waals surface area (Å²) in [6, 6.07) is 8.62. The highest BCUT2D eigenvalue weighted by atomic mass is 32.2. The number of rotatable bonds is 8. The first-order chi connectivity index (χ1) is 14.1. The van der Waals surface area contributed by atoms with Gasteiger partial charge in [-0.3, -0.25) is 9.69 Å². The van der Waals surface area contributed by atoms with Crippen molar-refractivity contribution in [3.8, 4) is 0 Å². The van der Waals surface area contributed by atoms with Crippen molar-refractivity contribution in [1.82, 2.24) is 15.5 Å². The number of hydrogen-bond donors (Lipinski definition) is 3. The van der Waals surface area contributed by atoms with Gasteiger partial charge in [-0.1, -0.05) is 24.3 Å². The number of piperidine rings is 1. The Kier molecular flexibility index (Phi) is 8.68. The molecule has 2 aliphatic rings. The number of carbonyl (C=O) groups excluding carboxylic acids is 1. The molecule has 7 heteroatoms. The Balaban J connectivity index is 1.54. The number of hydrogen-bond acceptors (Lipinski definition) is 4. The minimum Gasteiger partial charge on any atom is -0.369 e. The number of guanidine groups is 1. The molecule has 1 amide bonds. The number of thioether (sulfide) groups is 1. The average molecular weight is 418 g/mol. The molecule has 29 heavy (non-hydrogen) atoms. The number of nitrogens with zero attached hydrogens (tertiary/aromatic N) is 2. The van der Waals surface area contributed by atoms with E-state index < -0.39 is 0 Å². The second-order valence-corrected chi connectivity index (χ2v) is 9.42. The molecule has 6 nitrogen and oxygen atoms in total. The Labute approximate surface area is 179 Å². The maximum absolute atomic E-state index is 11.5. The third-order valence-electron chi connectivity index (χ3n) is 5.59. The van der Waals surface area contributed by atoms with Crippen molar-refractivity contribution in [2.75, 3.05) is 31.9 Å². The topological polar surface area (TPSA) is 82.8 Å². The normalized spacial score (nSPS) is 23.1. The molecule has 1 aromatic carbocycles. The number of carbonyl (C=O) groups is 1. The van der Waals surface area contributed by atoms with Crippen LogP contribution < -0.4 is 16.4 Å². The fourth-order valence-electron chi connectivity index (χ4n) is 4.04. The third-order valence-corrected chi connectivity index (χ3v) is 6.99. The van der Waals surface area contributed by atoms with Crippen molar-refractivity contribution in [2.45, 2.75) is 50.9 Å². The molecule has 0 radical (unpaired) electrons. The fraction of sp³-hybridized carbons (Fsp3) is 0.636. The average Bonchev–Trinajstić information content (AvgIpc) is 3.24. The van der Waals surface area contributed by atoms with Crippen LogP contribution in [0.4, 0.5) is 0 Å². The Morgan fingerprint density at radius 1 is 1.28 bits per heavy atom. The summed E-state index contributed by atoms with van der Waals surface area (Å²) >= 11 is 2.06. The van der Waals surface area contributed by atoms with Crippen LogP contribution in [-0.4, -0.2) is 53.9 Å². The summed E-state index contributed by atoms with van der Waals surface area (Å²) in [5.74, 6) is 2.00. The molecule has 1 aromatic rings. The molecule has 4 N–H and O–H groups in total. The van der Waals surface area contributed by atoms with Crippen LogP contribution in [0.3, 0.4) is 0 Å². The van der Waals surface area contributed by atoms with Gasteiger partial charge >= 0.3 is 0 Å². The van der Waals surface area contributed by atoms with Gasteiger partial charge in [-0.05, 0) is 56.0 Å². The van der Waals surface area contributed by atoms with Crippen molar-refractivity contribution in [3.05, 3.63) is 35.4 Å². The van der Waals surface area contributed by atoms with E-state index in [0.717, 1.165) is 51.5 Å². The number of aliphatic imine (C=N–C) groups is 1. The zero-order valence-corrected chi connectivity index (χ0v) is 18.3. The first-order valence-corrected chi connectivity index (χ1v) is 11.9. The minimum atomic E-state index is -0.169. The Morgan fingerprint density at radius 2 is 2.14 bits per heavy atom. The Bertz CT molecular complexity index is 690. The number of nitrogens with two attached hydrogens (primary N) is 1. The van der Waals surface area contributed by atoms with Gasteiger partial charge in [0.15, 0.2) is 5.96 Å². The number of benzene rings is 1. The van der Waals surface area contributed by atoms with Crippen molar-refractivity contribution >= 4 is 23.6 Å².